The summed E-state index contributed by atoms with van der Waals surface area (Å²) in [5, 5.41) is 21.2. The molecule has 2 aromatic rings. The van der Waals surface area contributed by atoms with Gasteiger partial charge in [0.05, 0.1) is 6.04 Å². The Hall–Kier alpha value is -2.86. The maximum atomic E-state index is 11.9. The standard InChI is InChI=1S/C18H19NO5/c20-16(17(21)22)15(11-13-7-3-1-4-8-13)19-18(23)24-12-14-9-5-2-6-10-14/h1-10,15-16,20H,11-12H2,(H,19,23)(H,21,22)/t15-,16+/m1/s1. The van der Waals surface area contributed by atoms with Crippen molar-refractivity contribution in [1.82, 2.24) is 5.32 Å². The van der Waals surface area contributed by atoms with Crippen molar-refractivity contribution in [3.63, 3.8) is 0 Å². The Morgan fingerprint density at radius 3 is 2.04 bits per heavy atom. The van der Waals surface area contributed by atoms with E-state index in [2.05, 4.69) is 5.32 Å². The molecule has 0 aromatic heterocycles. The number of carbonyl (C=O) groups excluding carboxylic acids is 1. The highest BCUT2D eigenvalue weighted by atomic mass is 16.5. The first-order valence-electron chi connectivity index (χ1n) is 7.48. The molecule has 0 aliphatic heterocycles. The second kappa shape index (κ2) is 8.69. The van der Waals surface area contributed by atoms with E-state index in [1.54, 1.807) is 36.4 Å². The number of carboxylic acid groups (broad SMARTS) is 1. The summed E-state index contributed by atoms with van der Waals surface area (Å²) >= 11 is 0. The molecule has 0 saturated carbocycles. The lowest BCUT2D eigenvalue weighted by atomic mass is 10.0. The summed E-state index contributed by atoms with van der Waals surface area (Å²) in [7, 11) is 0. The summed E-state index contributed by atoms with van der Waals surface area (Å²) in [6.45, 7) is 0.0634. The molecular weight excluding hydrogens is 310 g/mol. The molecule has 0 spiro atoms. The van der Waals surface area contributed by atoms with Gasteiger partial charge in [-0.25, -0.2) is 9.59 Å². The van der Waals surface area contributed by atoms with Crippen LogP contribution in [0.3, 0.4) is 0 Å². The van der Waals surface area contributed by atoms with Gasteiger partial charge in [0.25, 0.3) is 0 Å². The largest absolute Gasteiger partial charge is 0.479 e. The summed E-state index contributed by atoms with van der Waals surface area (Å²) in [5.74, 6) is -1.40. The number of alkyl carbamates (subject to hydrolysis) is 1. The predicted octanol–water partition coefficient (Wildman–Crippen LogP) is 1.97. The first-order valence-corrected chi connectivity index (χ1v) is 7.48. The smallest absolute Gasteiger partial charge is 0.407 e. The molecule has 2 aromatic carbocycles. The minimum atomic E-state index is -1.73. The number of aliphatic hydroxyl groups excluding tert-OH is 1. The molecule has 126 valence electrons. The van der Waals surface area contributed by atoms with E-state index in [0.29, 0.717) is 0 Å². The monoisotopic (exact) mass is 329 g/mol. The van der Waals surface area contributed by atoms with E-state index in [1.807, 2.05) is 24.3 Å². The van der Waals surface area contributed by atoms with E-state index in [9.17, 15) is 14.7 Å². The van der Waals surface area contributed by atoms with E-state index in [4.69, 9.17) is 9.84 Å². The fourth-order valence-corrected chi connectivity index (χ4v) is 2.20. The van der Waals surface area contributed by atoms with Gasteiger partial charge in [-0.1, -0.05) is 60.7 Å². The third-order valence-corrected chi connectivity index (χ3v) is 3.45. The molecule has 3 N–H and O–H groups in total. The third kappa shape index (κ3) is 5.40. The van der Waals surface area contributed by atoms with Gasteiger partial charge in [-0.15, -0.1) is 0 Å². The van der Waals surface area contributed by atoms with Crippen LogP contribution >= 0.6 is 0 Å². The van der Waals surface area contributed by atoms with Crippen molar-refractivity contribution in [2.75, 3.05) is 0 Å². The van der Waals surface area contributed by atoms with Gasteiger partial charge in [-0.3, -0.25) is 0 Å². The number of aliphatic hydroxyl groups is 1. The van der Waals surface area contributed by atoms with Crippen molar-refractivity contribution in [3.8, 4) is 0 Å². The van der Waals surface area contributed by atoms with Crippen LogP contribution in [-0.2, 0) is 22.6 Å². The SMILES string of the molecule is O=C(N[C@H](Cc1ccccc1)[C@H](O)C(=O)O)OCc1ccccc1. The summed E-state index contributed by atoms with van der Waals surface area (Å²) in [5.41, 5.74) is 1.61. The van der Waals surface area contributed by atoms with E-state index < -0.39 is 24.2 Å². The lowest BCUT2D eigenvalue weighted by Crippen LogP contribution is -2.48. The predicted molar refractivity (Wildman–Crippen MR) is 87.3 cm³/mol. The van der Waals surface area contributed by atoms with Gasteiger partial charge in [0.1, 0.15) is 6.61 Å². The molecule has 2 rings (SSSR count). The quantitative estimate of drug-likeness (QED) is 0.722. The highest BCUT2D eigenvalue weighted by molar-refractivity contribution is 5.75. The van der Waals surface area contributed by atoms with Gasteiger partial charge in [0.15, 0.2) is 6.10 Å². The first kappa shape index (κ1) is 17.5. The number of hydrogen-bond donors (Lipinski definition) is 3. The zero-order chi connectivity index (χ0) is 17.4. The average Bonchev–Trinajstić information content (AvgIpc) is 2.60. The summed E-state index contributed by atoms with van der Waals surface area (Å²) in [4.78, 5) is 23.0. The number of amides is 1. The molecule has 0 saturated heterocycles. The van der Waals surface area contributed by atoms with Gasteiger partial charge in [-0.2, -0.15) is 0 Å². The molecule has 0 aliphatic carbocycles. The minimum absolute atomic E-state index is 0.0634. The molecule has 6 heteroatoms. The molecule has 0 fully saturated rings. The zero-order valence-corrected chi connectivity index (χ0v) is 13.0. The molecule has 0 bridgehead atoms. The lowest BCUT2D eigenvalue weighted by Gasteiger charge is -2.21. The molecule has 24 heavy (non-hydrogen) atoms. The van der Waals surface area contributed by atoms with E-state index in [0.717, 1.165) is 11.1 Å². The number of carbonyl (C=O) groups is 2. The normalized spacial score (nSPS) is 12.9. The summed E-state index contributed by atoms with van der Waals surface area (Å²) in [6.07, 6.45) is -2.33. The van der Waals surface area contributed by atoms with Crippen molar-refractivity contribution in [3.05, 3.63) is 71.8 Å². The minimum Gasteiger partial charge on any atom is -0.479 e. The van der Waals surface area contributed by atoms with Crippen molar-refractivity contribution in [2.24, 2.45) is 0 Å². The molecule has 2 atom stereocenters. The number of nitrogens with one attached hydrogen (secondary N) is 1. The van der Waals surface area contributed by atoms with E-state index in [1.165, 1.54) is 0 Å². The van der Waals surface area contributed by atoms with Crippen LogP contribution in [0.25, 0.3) is 0 Å². The maximum absolute atomic E-state index is 11.9. The van der Waals surface area contributed by atoms with Crippen LogP contribution in [0.2, 0.25) is 0 Å². The van der Waals surface area contributed by atoms with Gasteiger partial charge in [0, 0.05) is 0 Å². The Morgan fingerprint density at radius 1 is 0.958 bits per heavy atom. The molecule has 1 amide bonds. The summed E-state index contributed by atoms with van der Waals surface area (Å²) in [6, 6.07) is 17.1. The van der Waals surface area contributed by atoms with Crippen molar-refractivity contribution < 1.29 is 24.5 Å². The number of rotatable bonds is 7. The lowest BCUT2D eigenvalue weighted by molar-refractivity contribution is -0.148. The van der Waals surface area contributed by atoms with Gasteiger partial charge >= 0.3 is 12.1 Å². The Kier molecular flexibility index (Phi) is 6.33. The summed E-state index contributed by atoms with van der Waals surface area (Å²) < 4.78 is 5.07. The molecule has 6 nitrogen and oxygen atoms in total. The third-order valence-electron chi connectivity index (χ3n) is 3.45. The molecule has 0 heterocycles. The Morgan fingerprint density at radius 2 is 1.50 bits per heavy atom. The van der Waals surface area contributed by atoms with Crippen LogP contribution in [0.1, 0.15) is 11.1 Å². The van der Waals surface area contributed by atoms with Crippen LogP contribution in [0.15, 0.2) is 60.7 Å². The highest BCUT2D eigenvalue weighted by Crippen LogP contribution is 2.08. The second-order valence-corrected chi connectivity index (χ2v) is 5.29. The fraction of sp³-hybridized carbons (Fsp3) is 0.222. The van der Waals surface area contributed by atoms with Crippen molar-refractivity contribution >= 4 is 12.1 Å². The molecular formula is C18H19NO5. The van der Waals surface area contributed by atoms with Gasteiger partial charge in [0.2, 0.25) is 0 Å². The van der Waals surface area contributed by atoms with Crippen LogP contribution in [-0.4, -0.2) is 34.4 Å². The molecule has 0 radical (unpaired) electrons. The first-order chi connectivity index (χ1) is 11.6. The number of carboxylic acids is 1. The van der Waals surface area contributed by atoms with Crippen LogP contribution in [0.4, 0.5) is 4.79 Å². The van der Waals surface area contributed by atoms with Crippen LogP contribution < -0.4 is 5.32 Å². The number of hydrogen-bond acceptors (Lipinski definition) is 4. The van der Waals surface area contributed by atoms with Crippen LogP contribution in [0.5, 0.6) is 0 Å². The van der Waals surface area contributed by atoms with E-state index >= 15 is 0 Å². The topological polar surface area (TPSA) is 95.9 Å². The van der Waals surface area contributed by atoms with Crippen molar-refractivity contribution in [1.29, 1.82) is 0 Å². The van der Waals surface area contributed by atoms with Gasteiger partial charge < -0.3 is 20.3 Å². The molecule has 0 unspecified atom stereocenters. The number of benzene rings is 2. The Balaban J connectivity index is 1.96. The average molecular weight is 329 g/mol. The van der Waals surface area contributed by atoms with Gasteiger partial charge in [-0.05, 0) is 17.5 Å². The highest BCUT2D eigenvalue weighted by Gasteiger charge is 2.28. The number of aliphatic carboxylic acids is 1. The Bertz CT molecular complexity index is 660. The second-order valence-electron chi connectivity index (χ2n) is 5.29. The Labute approximate surface area is 139 Å². The molecule has 0 aliphatic rings. The maximum Gasteiger partial charge on any atom is 0.407 e. The van der Waals surface area contributed by atoms with Crippen LogP contribution in [0, 0.1) is 0 Å². The van der Waals surface area contributed by atoms with Crippen molar-refractivity contribution in [2.45, 2.75) is 25.2 Å². The number of ether oxygens (including phenoxy) is 1. The zero-order valence-electron chi connectivity index (χ0n) is 13.0. The fourth-order valence-electron chi connectivity index (χ4n) is 2.20. The van der Waals surface area contributed by atoms with E-state index in [-0.39, 0.29) is 13.0 Å².